The molecule has 1 aromatic rings. The molecule has 6 rings (SSSR count). The van der Waals surface area contributed by atoms with Gasteiger partial charge in [0.05, 0.1) is 36.8 Å². The molecule has 0 aromatic heterocycles. The molecular weight excluding hydrogens is 696 g/mol. The van der Waals surface area contributed by atoms with Gasteiger partial charge in [0.2, 0.25) is 0 Å². The Kier molecular flexibility index (Phi) is 30.3. The van der Waals surface area contributed by atoms with Crippen molar-refractivity contribution in [1.82, 2.24) is 0 Å². The molecule has 304 valence electrons. The standard InChI is InChI=1S/C11H18O2.C11H12O.C10H16O2.C7H12.C5H8.2CO2/c1-4-11(10(12)13-5-2)7-6-9(3)8-11;1-2-6-10(7-3-1)11-8-4-5-9-12-11;1-3-10(7-5-6-8-10)9(11)12-4-2;1-2-4-6-7-5-3-1;1-2-4-5-3-1;2*2-1-3/h6H,4-5,7-8H2,1-3H3;1-7,11H,8-9H2;5-6H,3-4,7-8H2,1-2H3;1-2H,3-7H2;1-2H,3-5H2;;. The smallest absolute Gasteiger partial charge is 0.373 e. The summed E-state index contributed by atoms with van der Waals surface area (Å²) in [5.41, 5.74) is 2.13. The lowest BCUT2D eigenvalue weighted by Crippen LogP contribution is -2.30. The summed E-state index contributed by atoms with van der Waals surface area (Å²) in [6.45, 7) is 11.6. The summed E-state index contributed by atoms with van der Waals surface area (Å²) in [6.07, 6.45) is 37.5. The van der Waals surface area contributed by atoms with Crippen LogP contribution in [0.1, 0.15) is 143 Å². The van der Waals surface area contributed by atoms with Gasteiger partial charge in [-0.15, -0.1) is 0 Å². The van der Waals surface area contributed by atoms with Crippen molar-refractivity contribution in [2.24, 2.45) is 10.8 Å². The molecule has 1 aliphatic heterocycles. The van der Waals surface area contributed by atoms with E-state index < -0.39 is 0 Å². The van der Waals surface area contributed by atoms with E-state index in [-0.39, 0.29) is 41.2 Å². The van der Waals surface area contributed by atoms with Crippen LogP contribution in [-0.4, -0.2) is 44.1 Å². The van der Waals surface area contributed by atoms with Crippen molar-refractivity contribution >= 4 is 24.2 Å². The van der Waals surface area contributed by atoms with Crippen LogP contribution in [0.25, 0.3) is 0 Å². The summed E-state index contributed by atoms with van der Waals surface area (Å²) in [7, 11) is 0. The van der Waals surface area contributed by atoms with E-state index in [4.69, 9.17) is 33.4 Å². The Hall–Kier alpha value is -4.42. The molecule has 55 heavy (non-hydrogen) atoms. The molecule has 4 aliphatic carbocycles. The quantitative estimate of drug-likeness (QED) is 0.197. The second-order valence-corrected chi connectivity index (χ2v) is 13.6. The lowest BCUT2D eigenvalue weighted by molar-refractivity contribution is -0.193. The van der Waals surface area contributed by atoms with Gasteiger partial charge in [0.25, 0.3) is 0 Å². The minimum Gasteiger partial charge on any atom is -0.466 e. The molecule has 9 heteroatoms. The van der Waals surface area contributed by atoms with Crippen molar-refractivity contribution in [2.75, 3.05) is 19.8 Å². The zero-order chi connectivity index (χ0) is 41.0. The molecule has 0 amide bonds. The van der Waals surface area contributed by atoms with E-state index in [0.29, 0.717) is 13.2 Å². The third-order valence-corrected chi connectivity index (χ3v) is 9.81. The molecule has 0 saturated heterocycles. The third-order valence-electron chi connectivity index (χ3n) is 9.81. The second-order valence-electron chi connectivity index (χ2n) is 13.6. The number of hydrogen-bond donors (Lipinski definition) is 0. The Morgan fingerprint density at radius 3 is 1.53 bits per heavy atom. The highest BCUT2D eigenvalue weighted by atomic mass is 16.5. The van der Waals surface area contributed by atoms with Gasteiger partial charge in [0, 0.05) is 0 Å². The topological polar surface area (TPSA) is 130 Å². The maximum atomic E-state index is 11.7. The van der Waals surface area contributed by atoms with Crippen LogP contribution in [0.15, 0.2) is 90.6 Å². The number of hydrogen-bond acceptors (Lipinski definition) is 9. The van der Waals surface area contributed by atoms with Gasteiger partial charge < -0.3 is 14.2 Å². The molecule has 0 saturated carbocycles. The van der Waals surface area contributed by atoms with E-state index in [2.05, 4.69) is 92.8 Å². The van der Waals surface area contributed by atoms with Crippen molar-refractivity contribution < 1.29 is 43.0 Å². The monoisotopic (exact) mass is 762 g/mol. The average Bonchev–Trinajstić information content (AvgIpc) is 3.99. The number of esters is 2. The lowest BCUT2D eigenvalue weighted by Gasteiger charge is -2.24. The summed E-state index contributed by atoms with van der Waals surface area (Å²) in [5, 5.41) is 0. The van der Waals surface area contributed by atoms with Crippen molar-refractivity contribution in [3.05, 3.63) is 96.2 Å². The number of carbonyl (C=O) groups excluding carboxylic acids is 6. The van der Waals surface area contributed by atoms with Crippen LogP contribution in [-0.2, 0) is 43.0 Å². The first-order valence-corrected chi connectivity index (χ1v) is 19.9. The van der Waals surface area contributed by atoms with Crippen LogP contribution in [0.2, 0.25) is 0 Å². The molecule has 1 heterocycles. The van der Waals surface area contributed by atoms with Gasteiger partial charge in [-0.25, -0.2) is 0 Å². The van der Waals surface area contributed by atoms with E-state index in [1.54, 1.807) is 0 Å². The summed E-state index contributed by atoms with van der Waals surface area (Å²) in [4.78, 5) is 55.7. The van der Waals surface area contributed by atoms with Crippen molar-refractivity contribution in [1.29, 1.82) is 0 Å². The van der Waals surface area contributed by atoms with Gasteiger partial charge in [0.1, 0.15) is 0 Å². The number of carbonyl (C=O) groups is 2. The van der Waals surface area contributed by atoms with Crippen molar-refractivity contribution in [3.63, 3.8) is 0 Å². The van der Waals surface area contributed by atoms with Crippen LogP contribution in [0, 0.1) is 10.8 Å². The van der Waals surface area contributed by atoms with Gasteiger partial charge in [-0.1, -0.05) is 111 Å². The predicted octanol–water partition coefficient (Wildman–Crippen LogP) is 10.8. The zero-order valence-electron chi connectivity index (χ0n) is 34.1. The Morgan fingerprint density at radius 2 is 1.15 bits per heavy atom. The highest BCUT2D eigenvalue weighted by Crippen LogP contribution is 2.41. The van der Waals surface area contributed by atoms with Crippen molar-refractivity contribution in [3.8, 4) is 0 Å². The van der Waals surface area contributed by atoms with Gasteiger partial charge in [-0.05, 0) is 116 Å². The molecule has 0 N–H and O–H groups in total. The summed E-state index contributed by atoms with van der Waals surface area (Å²) < 4.78 is 15.7. The minimum atomic E-state index is -0.236. The number of ether oxygens (including phenoxy) is 3. The predicted molar refractivity (Wildman–Crippen MR) is 214 cm³/mol. The zero-order valence-corrected chi connectivity index (χ0v) is 34.1. The molecule has 1 aromatic carbocycles. The first-order valence-electron chi connectivity index (χ1n) is 19.9. The summed E-state index contributed by atoms with van der Waals surface area (Å²) >= 11 is 0. The normalized spacial score (nSPS) is 20.5. The van der Waals surface area contributed by atoms with E-state index in [1.807, 2.05) is 26.8 Å². The highest BCUT2D eigenvalue weighted by molar-refractivity contribution is 5.78. The number of benzene rings is 1. The fraction of sp³-hybridized carbons (Fsp3) is 0.565. The first-order chi connectivity index (χ1) is 26.7. The number of allylic oxidation sites excluding steroid dienone is 8. The molecule has 2 atom stereocenters. The largest absolute Gasteiger partial charge is 0.466 e. The van der Waals surface area contributed by atoms with E-state index in [1.165, 1.54) is 62.5 Å². The van der Waals surface area contributed by atoms with Crippen LogP contribution in [0.5, 0.6) is 0 Å². The van der Waals surface area contributed by atoms with Gasteiger partial charge >= 0.3 is 24.2 Å². The third kappa shape index (κ3) is 21.9. The fourth-order valence-electron chi connectivity index (χ4n) is 6.44. The van der Waals surface area contributed by atoms with Gasteiger partial charge in [-0.2, -0.15) is 19.2 Å². The molecule has 0 spiro atoms. The molecule has 0 radical (unpaired) electrons. The Bertz CT molecular complexity index is 1360. The lowest BCUT2D eigenvalue weighted by atomic mass is 9.82. The Morgan fingerprint density at radius 1 is 0.655 bits per heavy atom. The molecule has 9 nitrogen and oxygen atoms in total. The van der Waals surface area contributed by atoms with E-state index >= 15 is 0 Å². The highest BCUT2D eigenvalue weighted by Gasteiger charge is 2.40. The second kappa shape index (κ2) is 33.0. The summed E-state index contributed by atoms with van der Waals surface area (Å²) in [5.74, 6) is -0.0527. The average molecular weight is 763 g/mol. The van der Waals surface area contributed by atoms with Crippen LogP contribution in [0.4, 0.5) is 0 Å². The van der Waals surface area contributed by atoms with E-state index in [0.717, 1.165) is 51.6 Å². The van der Waals surface area contributed by atoms with Gasteiger partial charge in [0.15, 0.2) is 0 Å². The Labute approximate surface area is 330 Å². The number of rotatable bonds is 7. The molecule has 2 unspecified atom stereocenters. The first kappa shape index (κ1) is 50.6. The molecule has 0 bridgehead atoms. The Balaban J connectivity index is 0.000000655. The SMILES string of the molecule is C1=CCC(c2ccccc2)OC1.C1=CCCC1.C1=CCCCCC1.CCOC(=O)C1(CC)CC=C(C)C1.CCOC(=O)C1(CC)CC=CC1.O=C=O.O=C=O. The van der Waals surface area contributed by atoms with Gasteiger partial charge in [-0.3, -0.25) is 9.59 Å². The maximum absolute atomic E-state index is 11.7. The summed E-state index contributed by atoms with van der Waals surface area (Å²) in [6, 6.07) is 10.4. The minimum absolute atomic E-state index is 0.0226. The van der Waals surface area contributed by atoms with Crippen LogP contribution in [0.3, 0.4) is 0 Å². The molecule has 5 aliphatic rings. The molecular formula is C46H66O9. The molecule has 0 fully saturated rings. The van der Waals surface area contributed by atoms with Crippen molar-refractivity contribution in [2.45, 2.75) is 137 Å². The van der Waals surface area contributed by atoms with Crippen LogP contribution < -0.4 is 0 Å². The van der Waals surface area contributed by atoms with E-state index in [9.17, 15) is 9.59 Å². The fourth-order valence-corrected chi connectivity index (χ4v) is 6.44. The maximum Gasteiger partial charge on any atom is 0.373 e. The van der Waals surface area contributed by atoms with Crippen LogP contribution >= 0.6 is 0 Å².